The van der Waals surface area contributed by atoms with Crippen molar-refractivity contribution in [2.24, 2.45) is 5.92 Å². The molecule has 1 rings (SSSR count). The fourth-order valence-corrected chi connectivity index (χ4v) is 1.46. The minimum absolute atomic E-state index is 0.136. The van der Waals surface area contributed by atoms with Gasteiger partial charge in [-0.25, -0.2) is 0 Å². The molecule has 0 spiro atoms. The van der Waals surface area contributed by atoms with Crippen LogP contribution in [0.5, 0.6) is 0 Å². The minimum atomic E-state index is -0.136. The second kappa shape index (κ2) is 3.94. The Bertz CT molecular complexity index is 85.3. The average Bonchev–Trinajstić information content (AvgIpc) is 1.88. The van der Waals surface area contributed by atoms with Gasteiger partial charge in [0.15, 0.2) is 0 Å². The summed E-state index contributed by atoms with van der Waals surface area (Å²) in [6, 6.07) is 0. The van der Waals surface area contributed by atoms with E-state index >= 15 is 0 Å². The minimum Gasteiger partial charge on any atom is -0.393 e. The lowest BCUT2D eigenvalue weighted by molar-refractivity contribution is 0.0471. The lowest BCUT2D eigenvalue weighted by atomic mass is 9.94. The summed E-state index contributed by atoms with van der Waals surface area (Å²) in [5, 5.41) is 9.06. The highest BCUT2D eigenvalue weighted by molar-refractivity contribution is 4.65. The maximum absolute atomic E-state index is 9.06. The Labute approximate surface area is 62.2 Å². The third kappa shape index (κ3) is 2.67. The molecule has 1 saturated heterocycles. The van der Waals surface area contributed by atoms with Gasteiger partial charge in [0, 0.05) is 13.2 Å². The van der Waals surface area contributed by atoms with Gasteiger partial charge in [0.1, 0.15) is 0 Å². The van der Waals surface area contributed by atoms with E-state index in [0.717, 1.165) is 32.5 Å². The zero-order chi connectivity index (χ0) is 7.40. The van der Waals surface area contributed by atoms with E-state index in [1.165, 1.54) is 0 Å². The topological polar surface area (TPSA) is 29.5 Å². The normalized spacial score (nSPS) is 24.6. The molecule has 1 heterocycles. The van der Waals surface area contributed by atoms with Crippen LogP contribution in [-0.2, 0) is 4.74 Å². The van der Waals surface area contributed by atoms with E-state index in [1.54, 1.807) is 0 Å². The molecule has 0 aromatic heterocycles. The molecule has 0 bridgehead atoms. The van der Waals surface area contributed by atoms with Crippen molar-refractivity contribution in [2.45, 2.75) is 32.3 Å². The van der Waals surface area contributed by atoms with Crippen LogP contribution in [0.3, 0.4) is 0 Å². The van der Waals surface area contributed by atoms with Crippen molar-refractivity contribution < 1.29 is 9.84 Å². The van der Waals surface area contributed by atoms with Gasteiger partial charge in [0.05, 0.1) is 6.10 Å². The maximum atomic E-state index is 9.06. The van der Waals surface area contributed by atoms with Gasteiger partial charge in [-0.3, -0.25) is 0 Å². The molecule has 0 radical (unpaired) electrons. The van der Waals surface area contributed by atoms with Crippen molar-refractivity contribution in [2.75, 3.05) is 13.2 Å². The molecule has 60 valence electrons. The Morgan fingerprint density at radius 3 is 2.60 bits per heavy atom. The molecule has 0 aromatic rings. The smallest absolute Gasteiger partial charge is 0.0514 e. The first kappa shape index (κ1) is 8.02. The first-order chi connectivity index (χ1) is 4.79. The Hall–Kier alpha value is -0.0800. The molecule has 2 heteroatoms. The molecule has 0 aliphatic carbocycles. The molecule has 0 amide bonds. The first-order valence-electron chi connectivity index (χ1n) is 4.05. The lowest BCUT2D eigenvalue weighted by Crippen LogP contribution is -2.19. The molecule has 1 aliphatic rings. The Morgan fingerprint density at radius 2 is 2.10 bits per heavy atom. The summed E-state index contributed by atoms with van der Waals surface area (Å²) in [6.07, 6.45) is 3.07. The number of aliphatic hydroxyl groups is 1. The number of ether oxygens (including phenoxy) is 1. The van der Waals surface area contributed by atoms with Crippen molar-refractivity contribution in [3.05, 3.63) is 0 Å². The monoisotopic (exact) mass is 144 g/mol. The third-order valence-corrected chi connectivity index (χ3v) is 2.02. The van der Waals surface area contributed by atoms with E-state index in [-0.39, 0.29) is 6.10 Å². The molecule has 1 atom stereocenters. The van der Waals surface area contributed by atoms with Crippen LogP contribution in [0, 0.1) is 5.92 Å². The van der Waals surface area contributed by atoms with Gasteiger partial charge in [-0.2, -0.15) is 0 Å². The van der Waals surface area contributed by atoms with Crippen LogP contribution in [0.1, 0.15) is 26.2 Å². The lowest BCUT2D eigenvalue weighted by Gasteiger charge is -2.22. The standard InChI is InChI=1S/C8H16O2/c1-7(9)6-8-2-4-10-5-3-8/h7-9H,2-6H2,1H3. The number of rotatable bonds is 2. The average molecular weight is 144 g/mol. The molecule has 1 fully saturated rings. The summed E-state index contributed by atoms with van der Waals surface area (Å²) in [5.74, 6) is 0.703. The van der Waals surface area contributed by atoms with Crippen molar-refractivity contribution >= 4 is 0 Å². The molecule has 1 aliphatic heterocycles. The summed E-state index contributed by atoms with van der Waals surface area (Å²) < 4.78 is 5.20. The van der Waals surface area contributed by atoms with E-state index in [2.05, 4.69) is 0 Å². The van der Waals surface area contributed by atoms with Crippen LogP contribution in [0.2, 0.25) is 0 Å². The molecule has 0 saturated carbocycles. The maximum Gasteiger partial charge on any atom is 0.0514 e. The van der Waals surface area contributed by atoms with E-state index in [1.807, 2.05) is 6.92 Å². The predicted octanol–water partition coefficient (Wildman–Crippen LogP) is 1.18. The van der Waals surface area contributed by atoms with Gasteiger partial charge in [-0.05, 0) is 32.1 Å². The molecule has 1 N–H and O–H groups in total. The summed E-state index contributed by atoms with van der Waals surface area (Å²) in [7, 11) is 0. The van der Waals surface area contributed by atoms with Gasteiger partial charge >= 0.3 is 0 Å². The fraction of sp³-hybridized carbons (Fsp3) is 1.00. The molecule has 0 aromatic carbocycles. The zero-order valence-electron chi connectivity index (χ0n) is 6.55. The van der Waals surface area contributed by atoms with E-state index in [9.17, 15) is 0 Å². The van der Waals surface area contributed by atoms with Gasteiger partial charge in [-0.15, -0.1) is 0 Å². The molecule has 10 heavy (non-hydrogen) atoms. The SMILES string of the molecule is CC(O)CC1CCOCC1. The van der Waals surface area contributed by atoms with E-state index in [0.29, 0.717) is 5.92 Å². The van der Waals surface area contributed by atoms with E-state index in [4.69, 9.17) is 9.84 Å². The largest absolute Gasteiger partial charge is 0.393 e. The fourth-order valence-electron chi connectivity index (χ4n) is 1.46. The number of aliphatic hydroxyl groups excluding tert-OH is 1. The molecular formula is C8H16O2. The Kier molecular flexibility index (Phi) is 3.16. The summed E-state index contributed by atoms with van der Waals surface area (Å²) in [6.45, 7) is 3.63. The van der Waals surface area contributed by atoms with Crippen molar-refractivity contribution in [1.82, 2.24) is 0 Å². The van der Waals surface area contributed by atoms with Crippen LogP contribution in [0.15, 0.2) is 0 Å². The Balaban J connectivity index is 2.13. The van der Waals surface area contributed by atoms with Crippen LogP contribution in [-0.4, -0.2) is 24.4 Å². The number of hydrogen-bond donors (Lipinski definition) is 1. The second-order valence-corrected chi connectivity index (χ2v) is 3.14. The van der Waals surface area contributed by atoms with Crippen molar-refractivity contribution in [3.8, 4) is 0 Å². The van der Waals surface area contributed by atoms with Crippen LogP contribution in [0.25, 0.3) is 0 Å². The van der Waals surface area contributed by atoms with Gasteiger partial charge in [0.2, 0.25) is 0 Å². The summed E-state index contributed by atoms with van der Waals surface area (Å²) in [5.41, 5.74) is 0. The highest BCUT2D eigenvalue weighted by atomic mass is 16.5. The van der Waals surface area contributed by atoms with Crippen molar-refractivity contribution in [3.63, 3.8) is 0 Å². The van der Waals surface area contributed by atoms with Crippen molar-refractivity contribution in [1.29, 1.82) is 0 Å². The third-order valence-electron chi connectivity index (χ3n) is 2.02. The second-order valence-electron chi connectivity index (χ2n) is 3.14. The molecule has 2 nitrogen and oxygen atoms in total. The molecular weight excluding hydrogens is 128 g/mol. The number of hydrogen-bond acceptors (Lipinski definition) is 2. The van der Waals surface area contributed by atoms with Gasteiger partial charge in [-0.1, -0.05) is 0 Å². The van der Waals surface area contributed by atoms with E-state index < -0.39 is 0 Å². The van der Waals surface area contributed by atoms with Gasteiger partial charge < -0.3 is 9.84 Å². The Morgan fingerprint density at radius 1 is 1.50 bits per heavy atom. The highest BCUT2D eigenvalue weighted by Gasteiger charge is 2.14. The zero-order valence-corrected chi connectivity index (χ0v) is 6.55. The van der Waals surface area contributed by atoms with Crippen LogP contribution in [0.4, 0.5) is 0 Å². The van der Waals surface area contributed by atoms with Gasteiger partial charge in [0.25, 0.3) is 0 Å². The van der Waals surface area contributed by atoms with Crippen LogP contribution < -0.4 is 0 Å². The summed E-state index contributed by atoms with van der Waals surface area (Å²) in [4.78, 5) is 0. The predicted molar refractivity (Wildman–Crippen MR) is 39.8 cm³/mol. The summed E-state index contributed by atoms with van der Waals surface area (Å²) >= 11 is 0. The highest BCUT2D eigenvalue weighted by Crippen LogP contribution is 2.19. The van der Waals surface area contributed by atoms with Crippen LogP contribution >= 0.6 is 0 Å². The quantitative estimate of drug-likeness (QED) is 0.630. The first-order valence-corrected chi connectivity index (χ1v) is 4.05. The molecule has 1 unspecified atom stereocenters.